The van der Waals surface area contributed by atoms with Gasteiger partial charge in [0.15, 0.2) is 0 Å². The number of carbonyl (C=O) groups is 2. The SMILES string of the molecule is CN(C)C(=O)c1cc2c(Oc3ccc4c(c3)CN(C(=O)Cc3ccc(CN5CCNCC5)c(C(F)(F)F)c3)CC4)ccnc2[nH]1. The molecule has 4 heterocycles. The Kier molecular flexibility index (Phi) is 8.52. The van der Waals surface area contributed by atoms with Gasteiger partial charge in [-0.05, 0) is 59.0 Å². The number of H-pyrrole nitrogens is 1. The Bertz CT molecular complexity index is 1730. The molecule has 6 rings (SSSR count). The number of amides is 2. The molecule has 0 aliphatic carbocycles. The van der Waals surface area contributed by atoms with Gasteiger partial charge in [-0.25, -0.2) is 4.98 Å². The van der Waals surface area contributed by atoms with E-state index in [1.54, 1.807) is 43.4 Å². The molecular weight excluding hydrogens is 585 g/mol. The number of piperazine rings is 1. The monoisotopic (exact) mass is 620 g/mol. The zero-order valence-electron chi connectivity index (χ0n) is 25.2. The summed E-state index contributed by atoms with van der Waals surface area (Å²) in [5.74, 6) is 0.681. The van der Waals surface area contributed by atoms with Gasteiger partial charge < -0.3 is 24.8 Å². The van der Waals surface area contributed by atoms with Crippen LogP contribution in [0.2, 0.25) is 0 Å². The lowest BCUT2D eigenvalue weighted by molar-refractivity contribution is -0.138. The lowest BCUT2D eigenvalue weighted by Crippen LogP contribution is -2.43. The van der Waals surface area contributed by atoms with Crippen molar-refractivity contribution in [2.24, 2.45) is 0 Å². The third kappa shape index (κ3) is 6.81. The van der Waals surface area contributed by atoms with E-state index in [9.17, 15) is 22.8 Å². The Hall–Kier alpha value is -4.42. The summed E-state index contributed by atoms with van der Waals surface area (Å²) in [6.07, 6.45) is -2.39. The second kappa shape index (κ2) is 12.5. The lowest BCUT2D eigenvalue weighted by Gasteiger charge is -2.30. The van der Waals surface area contributed by atoms with Crippen molar-refractivity contribution in [2.75, 3.05) is 46.8 Å². The van der Waals surface area contributed by atoms with Crippen molar-refractivity contribution in [3.63, 3.8) is 0 Å². The number of rotatable bonds is 7. The highest BCUT2D eigenvalue weighted by molar-refractivity contribution is 5.98. The van der Waals surface area contributed by atoms with E-state index in [1.165, 1.54) is 11.0 Å². The normalized spacial score (nSPS) is 15.6. The first-order valence-corrected chi connectivity index (χ1v) is 14.9. The van der Waals surface area contributed by atoms with Crippen LogP contribution in [0.4, 0.5) is 13.2 Å². The molecule has 2 aliphatic heterocycles. The van der Waals surface area contributed by atoms with Gasteiger partial charge in [-0.2, -0.15) is 13.2 Å². The van der Waals surface area contributed by atoms with E-state index in [0.717, 1.165) is 30.3 Å². The molecule has 0 saturated carbocycles. The predicted molar refractivity (Wildman–Crippen MR) is 163 cm³/mol. The number of hydrogen-bond donors (Lipinski definition) is 2. The zero-order chi connectivity index (χ0) is 31.7. The van der Waals surface area contributed by atoms with Crippen molar-refractivity contribution in [2.45, 2.75) is 32.1 Å². The molecule has 12 heteroatoms. The van der Waals surface area contributed by atoms with E-state index < -0.39 is 11.7 Å². The Balaban J connectivity index is 1.16. The molecule has 45 heavy (non-hydrogen) atoms. The summed E-state index contributed by atoms with van der Waals surface area (Å²) >= 11 is 0. The van der Waals surface area contributed by atoms with Gasteiger partial charge in [0.1, 0.15) is 22.8 Å². The minimum atomic E-state index is -4.51. The Morgan fingerprint density at radius 2 is 1.80 bits per heavy atom. The molecule has 0 radical (unpaired) electrons. The van der Waals surface area contributed by atoms with Gasteiger partial charge in [0.2, 0.25) is 5.91 Å². The fourth-order valence-corrected chi connectivity index (χ4v) is 5.92. The first-order chi connectivity index (χ1) is 21.5. The summed E-state index contributed by atoms with van der Waals surface area (Å²) in [7, 11) is 3.34. The van der Waals surface area contributed by atoms with Crippen molar-refractivity contribution < 1.29 is 27.5 Å². The molecule has 0 bridgehead atoms. The Labute approximate surface area is 259 Å². The van der Waals surface area contributed by atoms with Crippen molar-refractivity contribution >= 4 is 22.8 Å². The van der Waals surface area contributed by atoms with Crippen LogP contribution in [-0.4, -0.2) is 83.3 Å². The molecule has 0 unspecified atom stereocenters. The Morgan fingerprint density at radius 3 is 2.56 bits per heavy atom. The van der Waals surface area contributed by atoms with Crippen LogP contribution in [0.5, 0.6) is 11.5 Å². The van der Waals surface area contributed by atoms with Crippen LogP contribution in [-0.2, 0) is 36.9 Å². The third-order valence-corrected chi connectivity index (χ3v) is 8.34. The molecule has 0 spiro atoms. The number of halogens is 3. The van der Waals surface area contributed by atoms with Crippen LogP contribution in [0, 0.1) is 0 Å². The van der Waals surface area contributed by atoms with Crippen molar-refractivity contribution in [3.05, 3.63) is 88.2 Å². The number of pyridine rings is 1. The summed E-state index contributed by atoms with van der Waals surface area (Å²) in [5, 5.41) is 3.87. The average Bonchev–Trinajstić information content (AvgIpc) is 3.46. The molecule has 2 aromatic carbocycles. The number of hydrogen-bond acceptors (Lipinski definition) is 6. The zero-order valence-corrected chi connectivity index (χ0v) is 25.2. The summed E-state index contributed by atoms with van der Waals surface area (Å²) in [5.41, 5.74) is 2.82. The minimum Gasteiger partial charge on any atom is -0.457 e. The van der Waals surface area contributed by atoms with E-state index in [1.807, 2.05) is 23.1 Å². The minimum absolute atomic E-state index is 0.112. The molecule has 1 fully saturated rings. The van der Waals surface area contributed by atoms with Crippen LogP contribution >= 0.6 is 0 Å². The molecule has 236 valence electrons. The number of aromatic nitrogens is 2. The maximum Gasteiger partial charge on any atom is 0.416 e. The maximum absolute atomic E-state index is 14.0. The van der Waals surface area contributed by atoms with Crippen molar-refractivity contribution in [1.29, 1.82) is 0 Å². The highest BCUT2D eigenvalue weighted by atomic mass is 19.4. The number of carbonyl (C=O) groups excluding carboxylic acids is 2. The van der Waals surface area contributed by atoms with E-state index in [-0.39, 0.29) is 30.3 Å². The standard InChI is InChI=1S/C33H35F3N6O3/c1-40(2)32(44)28-18-26-29(7-9-38-31(26)39-28)45-25-6-5-22-8-12-42(20-24(22)17-25)30(43)16-21-3-4-23(27(15-21)33(34,35)36)19-41-13-10-37-11-14-41/h3-7,9,15,17-18,37H,8,10-14,16,19-20H2,1-2H3,(H,38,39). The first kappa shape index (κ1) is 30.6. The van der Waals surface area contributed by atoms with Gasteiger partial charge in [-0.3, -0.25) is 14.5 Å². The number of nitrogens with zero attached hydrogens (tertiary/aromatic N) is 4. The Morgan fingerprint density at radius 1 is 1.00 bits per heavy atom. The van der Waals surface area contributed by atoms with Crippen molar-refractivity contribution in [1.82, 2.24) is 30.0 Å². The topological polar surface area (TPSA) is 93.8 Å². The van der Waals surface area contributed by atoms with Crippen molar-refractivity contribution in [3.8, 4) is 11.5 Å². The molecule has 4 aromatic rings. The quantitative estimate of drug-likeness (QED) is 0.314. The lowest BCUT2D eigenvalue weighted by atomic mass is 9.97. The average molecular weight is 621 g/mol. The molecule has 1 saturated heterocycles. The predicted octanol–water partition coefficient (Wildman–Crippen LogP) is 4.61. The van der Waals surface area contributed by atoms with Crippen LogP contribution in [0.1, 0.15) is 38.3 Å². The molecule has 9 nitrogen and oxygen atoms in total. The fraction of sp³-hybridized carbons (Fsp3) is 0.364. The molecule has 2 N–H and O–H groups in total. The van der Waals surface area contributed by atoms with E-state index in [2.05, 4.69) is 15.3 Å². The second-order valence-electron chi connectivity index (χ2n) is 11.7. The smallest absolute Gasteiger partial charge is 0.416 e. The van der Waals surface area contributed by atoms with Crippen LogP contribution in [0.15, 0.2) is 54.7 Å². The number of nitrogens with one attached hydrogen (secondary N) is 2. The van der Waals surface area contributed by atoms with Gasteiger partial charge in [0.05, 0.1) is 17.4 Å². The largest absolute Gasteiger partial charge is 0.457 e. The van der Waals surface area contributed by atoms with Gasteiger partial charge in [0, 0.05) is 66.1 Å². The number of alkyl halides is 3. The summed E-state index contributed by atoms with van der Waals surface area (Å²) in [6.45, 7) is 3.92. The van der Waals surface area contributed by atoms with Gasteiger partial charge >= 0.3 is 6.18 Å². The third-order valence-electron chi connectivity index (χ3n) is 8.34. The van der Waals surface area contributed by atoms with Crippen LogP contribution in [0.3, 0.4) is 0 Å². The first-order valence-electron chi connectivity index (χ1n) is 14.9. The van der Waals surface area contributed by atoms with Gasteiger partial charge in [-0.15, -0.1) is 0 Å². The van der Waals surface area contributed by atoms with E-state index in [0.29, 0.717) is 66.4 Å². The van der Waals surface area contributed by atoms with Crippen LogP contribution in [0.25, 0.3) is 11.0 Å². The van der Waals surface area contributed by atoms with E-state index >= 15 is 0 Å². The highest BCUT2D eigenvalue weighted by Crippen LogP contribution is 2.35. The molecular formula is C33H35F3N6O3. The summed E-state index contributed by atoms with van der Waals surface area (Å²) in [4.78, 5) is 38.3. The maximum atomic E-state index is 14.0. The summed E-state index contributed by atoms with van der Waals surface area (Å²) < 4.78 is 48.3. The summed E-state index contributed by atoms with van der Waals surface area (Å²) in [6, 6.07) is 13.4. The molecule has 2 aliphatic rings. The van der Waals surface area contributed by atoms with Crippen LogP contribution < -0.4 is 10.1 Å². The molecule has 2 amide bonds. The van der Waals surface area contributed by atoms with Gasteiger partial charge in [0.25, 0.3) is 5.91 Å². The fourth-order valence-electron chi connectivity index (χ4n) is 5.92. The molecule has 0 atom stereocenters. The van der Waals surface area contributed by atoms with E-state index in [4.69, 9.17) is 4.74 Å². The highest BCUT2D eigenvalue weighted by Gasteiger charge is 2.34. The second-order valence-corrected chi connectivity index (χ2v) is 11.7. The number of fused-ring (bicyclic) bond motifs is 2. The number of benzene rings is 2. The molecule has 2 aromatic heterocycles. The number of ether oxygens (including phenoxy) is 1. The number of aromatic amines is 1. The van der Waals surface area contributed by atoms with Gasteiger partial charge in [-0.1, -0.05) is 18.2 Å².